The van der Waals surface area contributed by atoms with Crippen molar-refractivity contribution in [3.8, 4) is 11.5 Å². The highest BCUT2D eigenvalue weighted by Crippen LogP contribution is 2.28. The normalized spacial score (nSPS) is 10.5. The Morgan fingerprint density at radius 2 is 2.20 bits per heavy atom. The molecule has 0 aliphatic rings. The lowest BCUT2D eigenvalue weighted by atomic mass is 10.2. The first-order valence-electron chi connectivity index (χ1n) is 7.74. The summed E-state index contributed by atoms with van der Waals surface area (Å²) in [5, 5.41) is 6.89. The standard InChI is InChI=1S/C18H19N3O4/c1-21-11-13(9-20-21)12-25-16-6-5-14(8-17(16)23-2)18(22)19-10-15-4-3-7-24-15/h3-9,11H,10,12H2,1-2H3,(H,19,22). The fraction of sp³-hybridized carbons (Fsp3) is 0.222. The van der Waals surface area contributed by atoms with E-state index >= 15 is 0 Å². The third kappa shape index (κ3) is 4.20. The van der Waals surface area contributed by atoms with Gasteiger partial charge in [0.05, 0.1) is 26.1 Å². The number of benzene rings is 1. The number of furan rings is 1. The van der Waals surface area contributed by atoms with Gasteiger partial charge in [-0.1, -0.05) is 0 Å². The van der Waals surface area contributed by atoms with Gasteiger partial charge in [0.2, 0.25) is 0 Å². The van der Waals surface area contributed by atoms with Gasteiger partial charge in [0.1, 0.15) is 12.4 Å². The lowest BCUT2D eigenvalue weighted by molar-refractivity contribution is 0.0947. The zero-order valence-corrected chi connectivity index (χ0v) is 14.1. The number of nitrogens with zero attached hydrogens (tertiary/aromatic N) is 2. The number of ether oxygens (including phenoxy) is 2. The zero-order valence-electron chi connectivity index (χ0n) is 14.1. The second kappa shape index (κ2) is 7.57. The van der Waals surface area contributed by atoms with Crippen LogP contribution in [0, 0.1) is 0 Å². The minimum Gasteiger partial charge on any atom is -0.493 e. The Morgan fingerprint density at radius 3 is 2.88 bits per heavy atom. The molecule has 2 aromatic heterocycles. The predicted octanol–water partition coefficient (Wildman–Crippen LogP) is 2.53. The van der Waals surface area contributed by atoms with Crippen molar-refractivity contribution in [2.75, 3.05) is 7.11 Å². The predicted molar refractivity (Wildman–Crippen MR) is 90.4 cm³/mol. The molecule has 0 saturated heterocycles. The zero-order chi connectivity index (χ0) is 17.6. The van der Waals surface area contributed by atoms with Crippen LogP contribution < -0.4 is 14.8 Å². The molecule has 0 spiro atoms. The molecule has 0 radical (unpaired) electrons. The third-order valence-corrected chi connectivity index (χ3v) is 3.58. The number of rotatable bonds is 7. The van der Waals surface area contributed by atoms with Crippen LogP contribution in [0.2, 0.25) is 0 Å². The molecule has 0 unspecified atom stereocenters. The Kier molecular flexibility index (Phi) is 5.03. The molecule has 0 fully saturated rings. The van der Waals surface area contributed by atoms with Crippen LogP contribution in [0.1, 0.15) is 21.7 Å². The summed E-state index contributed by atoms with van der Waals surface area (Å²) in [6.07, 6.45) is 5.19. The highest BCUT2D eigenvalue weighted by molar-refractivity contribution is 5.94. The van der Waals surface area contributed by atoms with Crippen LogP contribution in [0.3, 0.4) is 0 Å². The summed E-state index contributed by atoms with van der Waals surface area (Å²) in [5.41, 5.74) is 1.43. The van der Waals surface area contributed by atoms with E-state index in [1.165, 1.54) is 7.11 Å². The highest BCUT2D eigenvalue weighted by atomic mass is 16.5. The molecular weight excluding hydrogens is 322 g/mol. The Balaban J connectivity index is 1.64. The van der Waals surface area contributed by atoms with Crippen LogP contribution in [0.4, 0.5) is 0 Å². The molecule has 1 aromatic carbocycles. The molecule has 2 heterocycles. The van der Waals surface area contributed by atoms with Crippen LogP contribution in [0.25, 0.3) is 0 Å². The van der Waals surface area contributed by atoms with Crippen molar-refractivity contribution >= 4 is 5.91 Å². The molecule has 0 atom stereocenters. The fourth-order valence-corrected chi connectivity index (χ4v) is 2.32. The van der Waals surface area contributed by atoms with E-state index in [-0.39, 0.29) is 5.91 Å². The summed E-state index contributed by atoms with van der Waals surface area (Å²) < 4.78 is 18.0. The molecule has 0 aliphatic carbocycles. The first-order chi connectivity index (χ1) is 12.2. The lowest BCUT2D eigenvalue weighted by Crippen LogP contribution is -2.22. The summed E-state index contributed by atoms with van der Waals surface area (Å²) in [5.74, 6) is 1.54. The fourth-order valence-electron chi connectivity index (χ4n) is 2.32. The molecule has 7 heteroatoms. The molecule has 130 valence electrons. The van der Waals surface area contributed by atoms with Gasteiger partial charge >= 0.3 is 0 Å². The van der Waals surface area contributed by atoms with Gasteiger partial charge < -0.3 is 19.2 Å². The maximum absolute atomic E-state index is 12.2. The molecule has 0 bridgehead atoms. The molecule has 3 aromatic rings. The number of nitrogens with one attached hydrogen (secondary N) is 1. The van der Waals surface area contributed by atoms with Crippen LogP contribution in [-0.2, 0) is 20.2 Å². The van der Waals surface area contributed by atoms with Crippen LogP contribution in [0.15, 0.2) is 53.4 Å². The molecule has 1 amide bonds. The Hall–Kier alpha value is -3.22. The molecular formula is C18H19N3O4. The van der Waals surface area contributed by atoms with E-state index in [4.69, 9.17) is 13.9 Å². The maximum Gasteiger partial charge on any atom is 0.251 e. The third-order valence-electron chi connectivity index (χ3n) is 3.58. The number of carbonyl (C=O) groups is 1. The monoisotopic (exact) mass is 341 g/mol. The minimum atomic E-state index is -0.214. The molecule has 0 saturated carbocycles. The number of aryl methyl sites for hydroxylation is 1. The maximum atomic E-state index is 12.2. The van der Waals surface area contributed by atoms with Gasteiger partial charge in [0.15, 0.2) is 11.5 Å². The van der Waals surface area contributed by atoms with Crippen molar-refractivity contribution in [3.05, 3.63) is 65.9 Å². The highest BCUT2D eigenvalue weighted by Gasteiger charge is 2.12. The van der Waals surface area contributed by atoms with E-state index in [1.807, 2.05) is 13.2 Å². The second-order valence-electron chi connectivity index (χ2n) is 5.44. The average Bonchev–Trinajstić information content (AvgIpc) is 3.29. The van der Waals surface area contributed by atoms with Gasteiger partial charge in [-0.15, -0.1) is 0 Å². The van der Waals surface area contributed by atoms with Gasteiger partial charge in [-0.05, 0) is 30.3 Å². The van der Waals surface area contributed by atoms with Gasteiger partial charge in [-0.25, -0.2) is 0 Å². The van der Waals surface area contributed by atoms with Gasteiger partial charge in [0, 0.05) is 24.4 Å². The van der Waals surface area contributed by atoms with Gasteiger partial charge in [0.25, 0.3) is 5.91 Å². The van der Waals surface area contributed by atoms with Crippen molar-refractivity contribution in [3.63, 3.8) is 0 Å². The summed E-state index contributed by atoms with van der Waals surface area (Å²) in [4.78, 5) is 12.2. The summed E-state index contributed by atoms with van der Waals surface area (Å²) in [6, 6.07) is 8.64. The number of methoxy groups -OCH3 is 1. The smallest absolute Gasteiger partial charge is 0.251 e. The van der Waals surface area contributed by atoms with Crippen LogP contribution >= 0.6 is 0 Å². The first-order valence-corrected chi connectivity index (χ1v) is 7.74. The Morgan fingerprint density at radius 1 is 1.32 bits per heavy atom. The minimum absolute atomic E-state index is 0.214. The van der Waals surface area contributed by atoms with Crippen molar-refractivity contribution in [1.82, 2.24) is 15.1 Å². The lowest BCUT2D eigenvalue weighted by Gasteiger charge is -2.11. The Bertz CT molecular complexity index is 840. The number of aromatic nitrogens is 2. The summed E-state index contributed by atoms with van der Waals surface area (Å²) in [6.45, 7) is 0.696. The summed E-state index contributed by atoms with van der Waals surface area (Å²) in [7, 11) is 3.39. The van der Waals surface area contributed by atoms with Crippen molar-refractivity contribution in [1.29, 1.82) is 0 Å². The number of hydrogen-bond acceptors (Lipinski definition) is 5. The van der Waals surface area contributed by atoms with Crippen LogP contribution in [0.5, 0.6) is 11.5 Å². The SMILES string of the molecule is COc1cc(C(=O)NCc2ccco2)ccc1OCc1cnn(C)c1. The number of carbonyl (C=O) groups excluding carboxylic acids is 1. The second-order valence-corrected chi connectivity index (χ2v) is 5.44. The van der Waals surface area contributed by atoms with Crippen molar-refractivity contribution in [2.24, 2.45) is 7.05 Å². The molecule has 7 nitrogen and oxygen atoms in total. The van der Waals surface area contributed by atoms with E-state index in [9.17, 15) is 4.79 Å². The van der Waals surface area contributed by atoms with Crippen LogP contribution in [-0.4, -0.2) is 22.8 Å². The molecule has 25 heavy (non-hydrogen) atoms. The first kappa shape index (κ1) is 16.6. The molecule has 1 N–H and O–H groups in total. The van der Waals surface area contributed by atoms with Crippen molar-refractivity contribution in [2.45, 2.75) is 13.2 Å². The largest absolute Gasteiger partial charge is 0.493 e. The average molecular weight is 341 g/mol. The van der Waals surface area contributed by atoms with Crippen molar-refractivity contribution < 1.29 is 18.7 Å². The van der Waals surface area contributed by atoms with E-state index in [1.54, 1.807) is 47.5 Å². The Labute approximate surface area is 145 Å². The number of amides is 1. The van der Waals surface area contributed by atoms with E-state index in [0.29, 0.717) is 36.0 Å². The number of hydrogen-bond donors (Lipinski definition) is 1. The van der Waals surface area contributed by atoms with Gasteiger partial charge in [-0.2, -0.15) is 5.10 Å². The summed E-state index contributed by atoms with van der Waals surface area (Å²) >= 11 is 0. The van der Waals surface area contributed by atoms with E-state index < -0.39 is 0 Å². The molecule has 0 aliphatic heterocycles. The molecule has 3 rings (SSSR count). The topological polar surface area (TPSA) is 78.5 Å². The van der Waals surface area contributed by atoms with E-state index in [0.717, 1.165) is 5.56 Å². The van der Waals surface area contributed by atoms with Gasteiger partial charge in [-0.3, -0.25) is 9.48 Å². The van der Waals surface area contributed by atoms with E-state index in [2.05, 4.69) is 10.4 Å². The quantitative estimate of drug-likeness (QED) is 0.714.